The minimum absolute atomic E-state index is 0.162. The molecule has 0 N–H and O–H groups in total. The van der Waals surface area contributed by atoms with Crippen LogP contribution < -0.4 is 4.90 Å². The minimum Gasteiger partial charge on any atom is -0.332 e. The molecule has 328 valence electrons. The highest BCUT2D eigenvalue weighted by atomic mass is 15.2. The van der Waals surface area contributed by atoms with Crippen molar-refractivity contribution in [3.8, 4) is 40.1 Å². The van der Waals surface area contributed by atoms with Crippen LogP contribution in [-0.4, -0.2) is 34.7 Å². The summed E-state index contributed by atoms with van der Waals surface area (Å²) in [7, 11) is 0. The summed E-state index contributed by atoms with van der Waals surface area (Å²) >= 11 is 0. The molecule has 9 aromatic carbocycles. The van der Waals surface area contributed by atoms with Gasteiger partial charge in [-0.2, -0.15) is 9.97 Å². The number of benzene rings is 9. The molecule has 0 fully saturated rings. The summed E-state index contributed by atoms with van der Waals surface area (Å²) in [6.45, 7) is 0. The van der Waals surface area contributed by atoms with Gasteiger partial charge in [0.15, 0.2) is 11.6 Å². The second-order valence-corrected chi connectivity index (χ2v) is 18.3. The predicted octanol–water partition coefficient (Wildman–Crippen LogP) is 15.2. The Morgan fingerprint density at radius 3 is 1.40 bits per heavy atom. The molecule has 7 nitrogen and oxygen atoms in total. The quantitative estimate of drug-likeness (QED) is 0.167. The molecule has 0 saturated heterocycles. The van der Waals surface area contributed by atoms with E-state index in [-0.39, 0.29) is 12.0 Å². The zero-order valence-corrected chi connectivity index (χ0v) is 37.8. The van der Waals surface area contributed by atoms with E-state index in [4.69, 9.17) is 15.0 Å². The average Bonchev–Trinajstić information content (AvgIpc) is 4.17. The molecule has 0 radical (unpaired) electrons. The van der Waals surface area contributed by atoms with Gasteiger partial charge in [-0.3, -0.25) is 4.57 Å². The molecule has 70 heavy (non-hydrogen) atoms. The molecule has 5 heterocycles. The van der Waals surface area contributed by atoms with E-state index < -0.39 is 0 Å². The Balaban J connectivity index is 1.03. The Labute approximate surface area is 402 Å². The van der Waals surface area contributed by atoms with Crippen molar-refractivity contribution in [2.75, 3.05) is 4.90 Å². The van der Waals surface area contributed by atoms with Crippen LogP contribution in [0.3, 0.4) is 0 Å². The van der Waals surface area contributed by atoms with Crippen LogP contribution in [0.1, 0.15) is 11.5 Å². The van der Waals surface area contributed by atoms with Crippen molar-refractivity contribution in [3.05, 3.63) is 242 Å². The molecule has 0 amide bonds. The fourth-order valence-corrected chi connectivity index (χ4v) is 11.7. The van der Waals surface area contributed by atoms with E-state index in [0.29, 0.717) is 17.6 Å². The number of anilines is 2. The maximum absolute atomic E-state index is 5.34. The molecule has 1 aliphatic carbocycles. The van der Waals surface area contributed by atoms with Crippen LogP contribution in [0.15, 0.2) is 237 Å². The Kier molecular flexibility index (Phi) is 8.35. The molecule has 0 saturated carbocycles. The lowest BCUT2D eigenvalue weighted by Gasteiger charge is -2.29. The fraction of sp³-hybridized carbons (Fsp3) is 0.0317. The Hall–Kier alpha value is -9.33. The van der Waals surface area contributed by atoms with Crippen LogP contribution in [0.5, 0.6) is 0 Å². The van der Waals surface area contributed by atoms with Gasteiger partial charge in [0.1, 0.15) is 0 Å². The number of aromatic nitrogens is 6. The van der Waals surface area contributed by atoms with Crippen LogP contribution in [0.25, 0.3) is 106 Å². The fourth-order valence-electron chi connectivity index (χ4n) is 11.7. The molecule has 0 bridgehead atoms. The van der Waals surface area contributed by atoms with Crippen LogP contribution >= 0.6 is 0 Å². The third-order valence-electron chi connectivity index (χ3n) is 14.6. The van der Waals surface area contributed by atoms with Crippen molar-refractivity contribution >= 4 is 76.8 Å². The van der Waals surface area contributed by atoms with Crippen molar-refractivity contribution in [1.82, 2.24) is 28.7 Å². The maximum atomic E-state index is 5.34. The number of allylic oxidation sites excluding steroid dienone is 2. The summed E-state index contributed by atoms with van der Waals surface area (Å²) in [5, 5.41) is 7.02. The largest absolute Gasteiger partial charge is 0.332 e. The van der Waals surface area contributed by atoms with Gasteiger partial charge >= 0.3 is 0 Å². The van der Waals surface area contributed by atoms with Crippen LogP contribution in [0.2, 0.25) is 0 Å². The topological polar surface area (TPSA) is 56.7 Å². The monoisotopic (exact) mass is 895 g/mol. The molecule has 7 heteroatoms. The van der Waals surface area contributed by atoms with Crippen molar-refractivity contribution in [2.45, 2.75) is 12.0 Å². The molecule has 0 spiro atoms. The lowest BCUT2D eigenvalue weighted by molar-refractivity contribution is 0.745. The number of nitrogens with zero attached hydrogens (tertiary/aromatic N) is 7. The minimum atomic E-state index is 0.162. The zero-order valence-electron chi connectivity index (χ0n) is 37.8. The third kappa shape index (κ3) is 5.60. The number of rotatable bonds is 6. The summed E-state index contributed by atoms with van der Waals surface area (Å²) in [5.41, 5.74) is 14.4. The van der Waals surface area contributed by atoms with Gasteiger partial charge in [0.2, 0.25) is 5.95 Å². The van der Waals surface area contributed by atoms with E-state index in [2.05, 4.69) is 219 Å². The number of para-hydroxylation sites is 4. The summed E-state index contributed by atoms with van der Waals surface area (Å²) < 4.78 is 7.24. The van der Waals surface area contributed by atoms with E-state index in [1.807, 2.05) is 36.4 Å². The van der Waals surface area contributed by atoms with Crippen LogP contribution in [0, 0.1) is 0 Å². The van der Waals surface area contributed by atoms with Gasteiger partial charge in [0.25, 0.3) is 0 Å². The highest BCUT2D eigenvalue weighted by molar-refractivity contribution is 6.24. The lowest BCUT2D eigenvalue weighted by atomic mass is 9.91. The molecule has 1 aliphatic heterocycles. The predicted molar refractivity (Wildman–Crippen MR) is 287 cm³/mol. The summed E-state index contributed by atoms with van der Waals surface area (Å²) in [6.07, 6.45) is 9.14. The Morgan fingerprint density at radius 2 is 0.800 bits per heavy atom. The van der Waals surface area contributed by atoms with E-state index in [1.54, 1.807) is 0 Å². The van der Waals surface area contributed by atoms with Crippen molar-refractivity contribution in [3.63, 3.8) is 0 Å². The lowest BCUT2D eigenvalue weighted by Crippen LogP contribution is -2.28. The molecular formula is C63H41N7. The first-order valence-corrected chi connectivity index (χ1v) is 24.0. The molecule has 2 atom stereocenters. The van der Waals surface area contributed by atoms with Gasteiger partial charge in [-0.15, -0.1) is 0 Å². The highest BCUT2D eigenvalue weighted by Gasteiger charge is 2.40. The van der Waals surface area contributed by atoms with E-state index >= 15 is 0 Å². The summed E-state index contributed by atoms with van der Waals surface area (Å²) in [4.78, 5) is 18.3. The standard InChI is InChI=1S/C63H41N7/c1-4-19-40(20-5-1)61-64-62(41-21-6-2-7-22-41)66-63(65-61)70-56-34-17-13-30-48(56)52-38-37-51-47-29-12-16-33-55(47)69(59(51)60(52)70)44-26-18-25-43(39-44)68-54-32-15-11-28-46(54)50-36-35-49-45-27-10-14-31-53(45)67(57(49)58(50)68)42-23-8-3-9-24-42/h1-39,45,53H. The molecule has 2 aliphatic rings. The van der Waals surface area contributed by atoms with E-state index in [0.717, 1.165) is 60.7 Å². The summed E-state index contributed by atoms with van der Waals surface area (Å²) in [6, 6.07) is 76.2. The molecule has 15 rings (SSSR count). The second kappa shape index (κ2) is 15.1. The van der Waals surface area contributed by atoms with E-state index in [1.165, 1.54) is 44.1 Å². The Morgan fingerprint density at radius 1 is 0.343 bits per heavy atom. The third-order valence-corrected chi connectivity index (χ3v) is 14.6. The first-order chi connectivity index (χ1) is 34.8. The highest BCUT2D eigenvalue weighted by Crippen LogP contribution is 2.53. The first kappa shape index (κ1) is 38.7. The molecule has 2 unspecified atom stereocenters. The normalized spacial score (nSPS) is 15.3. The Bertz CT molecular complexity index is 4250. The first-order valence-electron chi connectivity index (χ1n) is 24.0. The number of hydrogen-bond acceptors (Lipinski definition) is 4. The van der Waals surface area contributed by atoms with E-state index in [9.17, 15) is 0 Å². The van der Waals surface area contributed by atoms with Crippen molar-refractivity contribution in [1.29, 1.82) is 0 Å². The van der Waals surface area contributed by atoms with Gasteiger partial charge in [0.05, 0.1) is 44.8 Å². The molecule has 13 aromatic rings. The smallest absolute Gasteiger partial charge is 0.238 e. The maximum Gasteiger partial charge on any atom is 0.238 e. The summed E-state index contributed by atoms with van der Waals surface area (Å²) in [5.74, 6) is 2.02. The van der Waals surface area contributed by atoms with Gasteiger partial charge in [-0.1, -0.05) is 188 Å². The number of fused-ring (bicyclic) bond motifs is 14. The van der Waals surface area contributed by atoms with Crippen molar-refractivity contribution < 1.29 is 0 Å². The van der Waals surface area contributed by atoms with Gasteiger partial charge < -0.3 is 14.0 Å². The van der Waals surface area contributed by atoms with Gasteiger partial charge in [-0.25, -0.2) is 4.98 Å². The van der Waals surface area contributed by atoms with Gasteiger partial charge in [0, 0.05) is 66.4 Å². The SMILES string of the molecule is C1=CC2c3ccc4c5ccccc5n(-c5cccc(-n6c7ccccc7c7ccc8c9ccccc9n(-c9nc(-c%10ccccc%10)nc(-c%10ccccc%10)n9)c8c76)c5)c4c3N(c3ccccc3)C2C=C1. The van der Waals surface area contributed by atoms with Crippen molar-refractivity contribution in [2.24, 2.45) is 0 Å². The van der Waals surface area contributed by atoms with Crippen LogP contribution in [-0.2, 0) is 0 Å². The number of hydrogen-bond donors (Lipinski definition) is 0. The van der Waals surface area contributed by atoms with Crippen LogP contribution in [0.4, 0.5) is 11.4 Å². The zero-order chi connectivity index (χ0) is 45.9. The second-order valence-electron chi connectivity index (χ2n) is 18.3. The molecule has 4 aromatic heterocycles. The average molecular weight is 896 g/mol. The molecular weight excluding hydrogens is 855 g/mol. The van der Waals surface area contributed by atoms with Gasteiger partial charge in [-0.05, 0) is 54.1 Å².